The Bertz CT molecular complexity index is 395. The van der Waals surface area contributed by atoms with Crippen molar-refractivity contribution in [1.82, 2.24) is 0 Å². The molecule has 0 spiro atoms. The fourth-order valence-corrected chi connectivity index (χ4v) is 2.12. The summed E-state index contributed by atoms with van der Waals surface area (Å²) in [6, 6.07) is 7.96. The topological polar surface area (TPSA) is 46.5 Å². The first-order valence-corrected chi connectivity index (χ1v) is 6.78. The van der Waals surface area contributed by atoms with Gasteiger partial charge < -0.3 is 9.84 Å². The van der Waals surface area contributed by atoms with E-state index in [1.165, 1.54) is 12.7 Å². The number of benzene rings is 1. The Morgan fingerprint density at radius 3 is 2.26 bits per heavy atom. The van der Waals surface area contributed by atoms with Gasteiger partial charge in [0.1, 0.15) is 0 Å². The molecule has 1 N–H and O–H groups in total. The molecule has 0 aliphatic rings. The van der Waals surface area contributed by atoms with Gasteiger partial charge in [-0.05, 0) is 29.9 Å². The lowest BCUT2D eigenvalue weighted by Gasteiger charge is -2.15. The predicted octanol–water partition coefficient (Wildman–Crippen LogP) is 3.12. The van der Waals surface area contributed by atoms with Crippen LogP contribution in [0.1, 0.15) is 44.4 Å². The Hall–Kier alpha value is -1.35. The molecule has 1 aromatic rings. The molecule has 0 aliphatic heterocycles. The van der Waals surface area contributed by atoms with Crippen LogP contribution in [0.5, 0.6) is 0 Å². The van der Waals surface area contributed by atoms with Crippen molar-refractivity contribution in [3.05, 3.63) is 35.4 Å². The molecule has 0 heterocycles. The van der Waals surface area contributed by atoms with E-state index in [0.29, 0.717) is 12.3 Å². The third kappa shape index (κ3) is 5.03. The van der Waals surface area contributed by atoms with Gasteiger partial charge in [-0.15, -0.1) is 0 Å². The molecule has 0 fully saturated rings. The highest BCUT2D eigenvalue weighted by Gasteiger charge is 2.18. The highest BCUT2D eigenvalue weighted by Crippen LogP contribution is 2.22. The van der Waals surface area contributed by atoms with Crippen molar-refractivity contribution >= 4 is 5.97 Å². The molecular weight excluding hydrogens is 240 g/mol. The van der Waals surface area contributed by atoms with Gasteiger partial charge in [0.2, 0.25) is 0 Å². The third-order valence-electron chi connectivity index (χ3n) is 3.19. The van der Waals surface area contributed by atoms with Crippen LogP contribution in [0.15, 0.2) is 24.3 Å². The summed E-state index contributed by atoms with van der Waals surface area (Å²) in [5.41, 5.74) is 2.12. The zero-order valence-corrected chi connectivity index (χ0v) is 12.2. The van der Waals surface area contributed by atoms with Crippen LogP contribution in [0.25, 0.3) is 0 Å². The molecule has 0 saturated carbocycles. The summed E-state index contributed by atoms with van der Waals surface area (Å²) in [6.07, 6.45) is 0.799. The summed E-state index contributed by atoms with van der Waals surface area (Å²) < 4.78 is 4.66. The number of esters is 1. The zero-order chi connectivity index (χ0) is 14.4. The highest BCUT2D eigenvalue weighted by atomic mass is 16.5. The number of ether oxygens (including phenoxy) is 1. The Kier molecular flexibility index (Phi) is 6.03. The molecule has 3 heteroatoms. The summed E-state index contributed by atoms with van der Waals surface area (Å²) >= 11 is 0. The smallest absolute Gasteiger partial charge is 0.308 e. The molecule has 106 valence electrons. The second-order valence-electron chi connectivity index (χ2n) is 5.52. The van der Waals surface area contributed by atoms with E-state index in [1.807, 2.05) is 24.3 Å². The van der Waals surface area contributed by atoms with Crippen molar-refractivity contribution in [3.8, 4) is 0 Å². The largest absolute Gasteiger partial charge is 0.469 e. The fourth-order valence-electron chi connectivity index (χ4n) is 2.12. The second kappa shape index (κ2) is 7.29. The predicted molar refractivity (Wildman–Crippen MR) is 75.7 cm³/mol. The van der Waals surface area contributed by atoms with Crippen LogP contribution in [0.3, 0.4) is 0 Å². The monoisotopic (exact) mass is 264 g/mol. The molecule has 19 heavy (non-hydrogen) atoms. The molecule has 1 rings (SSSR count). The Labute approximate surface area is 115 Å². The summed E-state index contributed by atoms with van der Waals surface area (Å²) in [4.78, 5) is 11.3. The van der Waals surface area contributed by atoms with Gasteiger partial charge in [0.05, 0.1) is 19.1 Å². The van der Waals surface area contributed by atoms with E-state index in [-0.39, 0.29) is 11.9 Å². The quantitative estimate of drug-likeness (QED) is 0.803. The molecule has 3 nitrogen and oxygen atoms in total. The van der Waals surface area contributed by atoms with Gasteiger partial charge in [0.25, 0.3) is 0 Å². The number of carbonyl (C=O) groups excluding carboxylic acids is 1. The van der Waals surface area contributed by atoms with E-state index in [4.69, 9.17) is 0 Å². The molecule has 0 aliphatic carbocycles. The Morgan fingerprint density at radius 1 is 1.21 bits per heavy atom. The van der Waals surface area contributed by atoms with Gasteiger partial charge in [-0.2, -0.15) is 0 Å². The van der Waals surface area contributed by atoms with Crippen LogP contribution in [-0.4, -0.2) is 18.2 Å². The number of hydrogen-bond donors (Lipinski definition) is 1. The molecule has 0 amide bonds. The lowest BCUT2D eigenvalue weighted by Crippen LogP contribution is -2.16. The molecule has 0 bridgehead atoms. The third-order valence-corrected chi connectivity index (χ3v) is 3.19. The minimum Gasteiger partial charge on any atom is -0.469 e. The van der Waals surface area contributed by atoms with Crippen LogP contribution >= 0.6 is 0 Å². The Morgan fingerprint density at radius 2 is 1.79 bits per heavy atom. The van der Waals surface area contributed by atoms with Crippen LogP contribution in [-0.2, 0) is 16.0 Å². The van der Waals surface area contributed by atoms with Crippen LogP contribution in [0.2, 0.25) is 0 Å². The summed E-state index contributed by atoms with van der Waals surface area (Å²) in [7, 11) is 1.37. The molecule has 2 unspecified atom stereocenters. The molecule has 0 saturated heterocycles. The van der Waals surface area contributed by atoms with Crippen molar-refractivity contribution in [2.45, 2.75) is 39.7 Å². The van der Waals surface area contributed by atoms with Crippen molar-refractivity contribution in [2.75, 3.05) is 7.11 Å². The zero-order valence-electron chi connectivity index (χ0n) is 12.2. The van der Waals surface area contributed by atoms with Crippen molar-refractivity contribution in [3.63, 3.8) is 0 Å². The van der Waals surface area contributed by atoms with Crippen LogP contribution in [0, 0.1) is 11.8 Å². The SMILES string of the molecule is COC(=O)C(C)CC(O)c1ccc(CC(C)C)cc1. The van der Waals surface area contributed by atoms with Gasteiger partial charge in [0.15, 0.2) is 0 Å². The Balaban J connectivity index is 2.62. The number of carbonyl (C=O) groups is 1. The maximum absolute atomic E-state index is 11.3. The van der Waals surface area contributed by atoms with Gasteiger partial charge in [-0.25, -0.2) is 0 Å². The molecule has 0 radical (unpaired) electrons. The molecule has 2 atom stereocenters. The molecule has 0 aromatic heterocycles. The maximum atomic E-state index is 11.3. The van der Waals surface area contributed by atoms with Crippen molar-refractivity contribution in [2.24, 2.45) is 11.8 Å². The van der Waals surface area contributed by atoms with E-state index < -0.39 is 6.10 Å². The minimum atomic E-state index is -0.623. The van der Waals surface area contributed by atoms with Gasteiger partial charge in [-0.1, -0.05) is 45.0 Å². The molecular formula is C16H24O3. The number of hydrogen-bond acceptors (Lipinski definition) is 3. The van der Waals surface area contributed by atoms with Gasteiger partial charge in [0, 0.05) is 0 Å². The van der Waals surface area contributed by atoms with E-state index in [1.54, 1.807) is 6.92 Å². The normalized spacial score (nSPS) is 14.2. The fraction of sp³-hybridized carbons (Fsp3) is 0.562. The van der Waals surface area contributed by atoms with Gasteiger partial charge >= 0.3 is 5.97 Å². The lowest BCUT2D eigenvalue weighted by molar-refractivity contribution is -0.145. The highest BCUT2D eigenvalue weighted by molar-refractivity contribution is 5.71. The van der Waals surface area contributed by atoms with E-state index in [2.05, 4.69) is 18.6 Å². The van der Waals surface area contributed by atoms with Crippen LogP contribution < -0.4 is 0 Å². The lowest BCUT2D eigenvalue weighted by atomic mass is 9.96. The first-order valence-electron chi connectivity index (χ1n) is 6.78. The first-order chi connectivity index (χ1) is 8.93. The average Bonchev–Trinajstić information content (AvgIpc) is 2.37. The maximum Gasteiger partial charge on any atom is 0.308 e. The summed E-state index contributed by atoms with van der Waals surface area (Å²) in [6.45, 7) is 6.13. The summed E-state index contributed by atoms with van der Waals surface area (Å²) in [5, 5.41) is 10.1. The van der Waals surface area contributed by atoms with Crippen molar-refractivity contribution in [1.29, 1.82) is 0 Å². The number of aliphatic hydroxyl groups excluding tert-OH is 1. The molecule has 1 aromatic carbocycles. The second-order valence-corrected chi connectivity index (χ2v) is 5.52. The average molecular weight is 264 g/mol. The number of rotatable bonds is 6. The van der Waals surface area contributed by atoms with E-state index >= 15 is 0 Å². The first kappa shape index (κ1) is 15.7. The van der Waals surface area contributed by atoms with E-state index in [9.17, 15) is 9.90 Å². The minimum absolute atomic E-state index is 0.282. The van der Waals surface area contributed by atoms with E-state index in [0.717, 1.165) is 12.0 Å². The summed E-state index contributed by atoms with van der Waals surface area (Å²) in [5.74, 6) is 0.0425. The number of aliphatic hydroxyl groups is 1. The van der Waals surface area contributed by atoms with Crippen LogP contribution in [0.4, 0.5) is 0 Å². The van der Waals surface area contributed by atoms with Crippen molar-refractivity contribution < 1.29 is 14.6 Å². The standard InChI is InChI=1S/C16H24O3/c1-11(2)9-13-5-7-14(8-6-13)15(17)10-12(3)16(18)19-4/h5-8,11-12,15,17H,9-10H2,1-4H3. The number of methoxy groups -OCH3 is 1. The van der Waals surface area contributed by atoms with Gasteiger partial charge in [-0.3, -0.25) is 4.79 Å².